The van der Waals surface area contributed by atoms with Crippen molar-refractivity contribution in [3.8, 4) is 34.7 Å². The Morgan fingerprint density at radius 2 is 0.980 bits per heavy atom. The summed E-state index contributed by atoms with van der Waals surface area (Å²) in [5.41, 5.74) is 5.64. The smallest absolute Gasteiger partial charge is 0.261 e. The first-order valence-electron chi connectivity index (χ1n) is 18.6. The van der Waals surface area contributed by atoms with E-state index < -0.39 is 0 Å². The summed E-state index contributed by atoms with van der Waals surface area (Å²) < 4.78 is 0. The van der Waals surface area contributed by atoms with Crippen molar-refractivity contribution in [2.75, 3.05) is 6.54 Å². The van der Waals surface area contributed by atoms with Crippen molar-refractivity contribution in [2.24, 2.45) is 5.92 Å². The normalized spacial score (nSPS) is 13.6. The average Bonchev–Trinajstić information content (AvgIpc) is 3.43. The summed E-state index contributed by atoms with van der Waals surface area (Å²) in [6.07, 6.45) is 19.6. The molecule has 1 aliphatic heterocycles. The minimum Gasteiger partial charge on any atom is -0.274 e. The first-order chi connectivity index (χ1) is 24.0. The highest BCUT2D eigenvalue weighted by Crippen LogP contribution is 2.49. The lowest BCUT2D eigenvalue weighted by Gasteiger charge is -2.31. The quantitative estimate of drug-likeness (QED) is 0.0687. The number of nitriles is 2. The number of nitrogens with zero attached hydrogens (tertiary/aromatic N) is 5. The van der Waals surface area contributed by atoms with Crippen LogP contribution in [-0.4, -0.2) is 33.2 Å². The number of carbonyl (C=O) groups is 2. The maximum absolute atomic E-state index is 14.2. The second kappa shape index (κ2) is 15.7. The van der Waals surface area contributed by atoms with E-state index in [1.54, 1.807) is 12.1 Å². The fraction of sp³-hybridized carbons (Fsp3) is 0.476. The standard InChI is InChI=1S/C42H47N5O2/c1-3-5-7-9-11-12-14-16-18-28(17-15-13-10-8-6-4-2)27-47-41(48)33-21-19-31-37-32(20-22-34(38(33)37)42(47)49)40-39(31)45-35-23-29(25-43)30(26-44)24-36(35)46-40/h19-24,28H,3-18,27H2,1-2H3. The highest BCUT2D eigenvalue weighted by molar-refractivity contribution is 6.30. The molecular weight excluding hydrogens is 606 g/mol. The van der Waals surface area contributed by atoms with E-state index in [0.717, 1.165) is 42.2 Å². The molecule has 2 amide bonds. The maximum atomic E-state index is 14.2. The van der Waals surface area contributed by atoms with Gasteiger partial charge in [0.15, 0.2) is 0 Å². The fourth-order valence-electron chi connectivity index (χ4n) is 7.82. The molecule has 0 fully saturated rings. The zero-order valence-corrected chi connectivity index (χ0v) is 29.1. The van der Waals surface area contributed by atoms with Crippen LogP contribution < -0.4 is 0 Å². The lowest BCUT2D eigenvalue weighted by Crippen LogP contribution is -2.43. The molecule has 2 heterocycles. The SMILES string of the molecule is CCCCCCCCCCC(CCCCCCCC)CN1C(=O)c2ccc3c4c(ccc(c24)C1=O)-c1nc2cc(C#N)c(C#N)cc2nc1-3. The minimum absolute atomic E-state index is 0.218. The molecule has 0 spiro atoms. The zero-order valence-electron chi connectivity index (χ0n) is 29.1. The first-order valence-corrected chi connectivity index (χ1v) is 18.6. The number of amides is 2. The van der Waals surface area contributed by atoms with Crippen LogP contribution in [0.4, 0.5) is 0 Å². The van der Waals surface area contributed by atoms with Gasteiger partial charge in [-0.15, -0.1) is 0 Å². The number of rotatable bonds is 18. The van der Waals surface area contributed by atoms with Gasteiger partial charge in [0.05, 0.1) is 33.5 Å². The largest absolute Gasteiger partial charge is 0.274 e. The molecule has 1 aromatic heterocycles. The number of unbranched alkanes of at least 4 members (excludes halogenated alkanes) is 12. The van der Waals surface area contributed by atoms with Gasteiger partial charge >= 0.3 is 0 Å². The summed E-state index contributed by atoms with van der Waals surface area (Å²) >= 11 is 0. The van der Waals surface area contributed by atoms with Crippen molar-refractivity contribution in [3.63, 3.8) is 0 Å². The van der Waals surface area contributed by atoms with E-state index in [-0.39, 0.29) is 22.9 Å². The molecule has 49 heavy (non-hydrogen) atoms. The second-order valence-electron chi connectivity index (χ2n) is 14.0. The van der Waals surface area contributed by atoms with Gasteiger partial charge in [-0.1, -0.05) is 116 Å². The molecule has 4 aromatic rings. The minimum atomic E-state index is -0.218. The van der Waals surface area contributed by atoms with Crippen molar-refractivity contribution in [3.05, 3.63) is 58.7 Å². The number of hydrogen-bond donors (Lipinski definition) is 0. The Balaban J connectivity index is 1.24. The number of fused-ring (bicyclic) bond motifs is 4. The Kier molecular flexibility index (Phi) is 11.0. The summed E-state index contributed by atoms with van der Waals surface area (Å²) in [7, 11) is 0. The molecule has 0 radical (unpaired) electrons. The summed E-state index contributed by atoms with van der Waals surface area (Å²) in [5, 5.41) is 20.6. The molecule has 1 unspecified atom stereocenters. The highest BCUT2D eigenvalue weighted by Gasteiger charge is 2.37. The first kappa shape index (κ1) is 34.3. The van der Waals surface area contributed by atoms with Crippen LogP contribution in [0.2, 0.25) is 0 Å². The Morgan fingerprint density at radius 1 is 0.592 bits per heavy atom. The van der Waals surface area contributed by atoms with Gasteiger partial charge in [0.25, 0.3) is 11.8 Å². The molecule has 1 aliphatic carbocycles. The predicted octanol–water partition coefficient (Wildman–Crippen LogP) is 10.7. The molecule has 2 aliphatic rings. The lowest BCUT2D eigenvalue weighted by molar-refractivity contribution is 0.0577. The van der Waals surface area contributed by atoms with Crippen LogP contribution in [0.5, 0.6) is 0 Å². The molecule has 6 rings (SSSR count). The van der Waals surface area contributed by atoms with Gasteiger partial charge in [-0.05, 0) is 43.0 Å². The van der Waals surface area contributed by atoms with Crippen LogP contribution in [0.3, 0.4) is 0 Å². The van der Waals surface area contributed by atoms with E-state index in [2.05, 4.69) is 26.0 Å². The number of carbonyl (C=O) groups excluding carboxylic acids is 2. The van der Waals surface area contributed by atoms with E-state index in [1.807, 2.05) is 24.3 Å². The fourth-order valence-corrected chi connectivity index (χ4v) is 7.82. The third-order valence-electron chi connectivity index (χ3n) is 10.5. The van der Waals surface area contributed by atoms with Crippen molar-refractivity contribution < 1.29 is 9.59 Å². The van der Waals surface area contributed by atoms with Crippen LogP contribution in [0.25, 0.3) is 44.3 Å². The molecule has 0 bridgehead atoms. The van der Waals surface area contributed by atoms with Crippen molar-refractivity contribution >= 4 is 33.6 Å². The van der Waals surface area contributed by atoms with Crippen LogP contribution >= 0.6 is 0 Å². The van der Waals surface area contributed by atoms with Gasteiger partial charge < -0.3 is 0 Å². The number of aromatic nitrogens is 2. The Morgan fingerprint density at radius 3 is 1.41 bits per heavy atom. The molecule has 7 heteroatoms. The maximum Gasteiger partial charge on any atom is 0.261 e. The van der Waals surface area contributed by atoms with Gasteiger partial charge in [0.2, 0.25) is 0 Å². The molecule has 1 atom stereocenters. The molecule has 0 saturated carbocycles. The Bertz CT molecular complexity index is 1850. The Hall–Kier alpha value is -4.62. The molecule has 0 N–H and O–H groups in total. The molecule has 7 nitrogen and oxygen atoms in total. The zero-order chi connectivity index (χ0) is 34.3. The average molecular weight is 654 g/mol. The highest BCUT2D eigenvalue weighted by atomic mass is 16.2. The van der Waals surface area contributed by atoms with Crippen molar-refractivity contribution in [1.82, 2.24) is 14.9 Å². The van der Waals surface area contributed by atoms with Crippen molar-refractivity contribution in [2.45, 2.75) is 117 Å². The molecule has 0 saturated heterocycles. The third kappa shape index (κ3) is 6.95. The molecular formula is C42H47N5O2. The van der Waals surface area contributed by atoms with Gasteiger partial charge in [-0.3, -0.25) is 14.5 Å². The summed E-state index contributed by atoms with van der Waals surface area (Å²) in [5.74, 6) is -0.138. The van der Waals surface area contributed by atoms with Gasteiger partial charge in [-0.2, -0.15) is 10.5 Å². The van der Waals surface area contributed by atoms with Gasteiger partial charge in [0.1, 0.15) is 12.1 Å². The topological polar surface area (TPSA) is 111 Å². The summed E-state index contributed by atoms with van der Waals surface area (Å²) in [6.45, 7) is 4.95. The van der Waals surface area contributed by atoms with Crippen LogP contribution in [-0.2, 0) is 0 Å². The van der Waals surface area contributed by atoms with Crippen LogP contribution in [0.15, 0.2) is 36.4 Å². The second-order valence-corrected chi connectivity index (χ2v) is 14.0. The van der Waals surface area contributed by atoms with E-state index in [4.69, 9.17) is 9.97 Å². The predicted molar refractivity (Wildman–Crippen MR) is 195 cm³/mol. The third-order valence-corrected chi connectivity index (χ3v) is 10.5. The summed E-state index contributed by atoms with van der Waals surface area (Å²) in [6, 6.07) is 14.9. The number of hydrogen-bond acceptors (Lipinski definition) is 6. The lowest BCUT2D eigenvalue weighted by atomic mass is 9.89. The number of benzene rings is 3. The van der Waals surface area contributed by atoms with Crippen LogP contribution in [0, 0.1) is 28.6 Å². The van der Waals surface area contributed by atoms with E-state index in [1.165, 1.54) is 81.9 Å². The molecule has 252 valence electrons. The van der Waals surface area contributed by atoms with E-state index in [9.17, 15) is 20.1 Å². The summed E-state index contributed by atoms with van der Waals surface area (Å²) in [4.78, 5) is 39.6. The van der Waals surface area contributed by atoms with Gasteiger partial charge in [0, 0.05) is 39.6 Å². The monoisotopic (exact) mass is 653 g/mol. The van der Waals surface area contributed by atoms with Gasteiger partial charge in [-0.25, -0.2) is 9.97 Å². The van der Waals surface area contributed by atoms with Crippen molar-refractivity contribution in [1.29, 1.82) is 10.5 Å². The Labute approximate surface area is 290 Å². The van der Waals surface area contributed by atoms with E-state index in [0.29, 0.717) is 51.4 Å². The number of imide groups is 1. The van der Waals surface area contributed by atoms with Crippen LogP contribution in [0.1, 0.15) is 148 Å². The molecule has 3 aromatic carbocycles. The van der Waals surface area contributed by atoms with E-state index >= 15 is 0 Å².